The molecule has 0 amide bonds. The van der Waals surface area contributed by atoms with Gasteiger partial charge in [0, 0.05) is 22.8 Å². The van der Waals surface area contributed by atoms with Gasteiger partial charge in [0.25, 0.3) is 5.56 Å². The smallest absolute Gasteiger partial charge is 0.416 e. The van der Waals surface area contributed by atoms with E-state index in [1.165, 1.54) is 16.7 Å². The lowest BCUT2D eigenvalue weighted by atomic mass is 9.98. The molecule has 0 fully saturated rings. The maximum Gasteiger partial charge on any atom is 0.416 e. The lowest BCUT2D eigenvalue weighted by molar-refractivity contribution is -0.137. The van der Waals surface area contributed by atoms with Crippen LogP contribution in [0.1, 0.15) is 11.1 Å². The quantitative estimate of drug-likeness (QED) is 0.490. The van der Waals surface area contributed by atoms with Crippen LogP contribution >= 0.6 is 0 Å². The van der Waals surface area contributed by atoms with Crippen LogP contribution in [0.3, 0.4) is 0 Å². The van der Waals surface area contributed by atoms with Crippen molar-refractivity contribution in [2.75, 3.05) is 7.11 Å². The molecule has 0 atom stereocenters. The fraction of sp³-hybridized carbons (Fsp3) is 0.125. The number of rotatable bonds is 4. The van der Waals surface area contributed by atoms with E-state index in [2.05, 4.69) is 0 Å². The third kappa shape index (κ3) is 3.92. The molecule has 7 heteroatoms. The summed E-state index contributed by atoms with van der Waals surface area (Å²) in [4.78, 5) is 13.2. The van der Waals surface area contributed by atoms with Gasteiger partial charge in [-0.2, -0.15) is 13.2 Å². The highest BCUT2D eigenvalue weighted by Crippen LogP contribution is 2.33. The van der Waals surface area contributed by atoms with E-state index < -0.39 is 11.7 Å². The molecule has 1 N–H and O–H groups in total. The van der Waals surface area contributed by atoms with E-state index in [-0.39, 0.29) is 12.2 Å². The average Bonchev–Trinajstić information content (AvgIpc) is 2.79. The molecule has 3 aromatic carbocycles. The molecule has 4 nitrogen and oxygen atoms in total. The maximum absolute atomic E-state index is 13.2. The Morgan fingerprint density at radius 3 is 2.19 bits per heavy atom. The Kier molecular flexibility index (Phi) is 5.29. The van der Waals surface area contributed by atoms with E-state index in [4.69, 9.17) is 4.74 Å². The number of nitrogens with zero attached hydrogens (tertiary/aromatic N) is 1. The fourth-order valence-electron chi connectivity index (χ4n) is 3.49. The van der Waals surface area contributed by atoms with Gasteiger partial charge in [0.2, 0.25) is 0 Å². The van der Waals surface area contributed by atoms with Gasteiger partial charge in [-0.3, -0.25) is 9.36 Å². The van der Waals surface area contributed by atoms with Gasteiger partial charge in [-0.15, -0.1) is 0 Å². The Hall–Kier alpha value is -3.58. The Labute approximate surface area is 175 Å². The summed E-state index contributed by atoms with van der Waals surface area (Å²) in [5.74, 6) is 0.633. The van der Waals surface area contributed by atoms with Crippen LogP contribution in [0.4, 0.5) is 13.2 Å². The van der Waals surface area contributed by atoms with E-state index in [1.54, 1.807) is 55.8 Å². The summed E-state index contributed by atoms with van der Waals surface area (Å²) in [5.41, 5.74) is 1.26. The first kappa shape index (κ1) is 20.7. The number of hydrogen-bond acceptors (Lipinski definition) is 3. The molecule has 0 aliphatic rings. The van der Waals surface area contributed by atoms with Gasteiger partial charge in [-0.05, 0) is 65.0 Å². The SMILES string of the molecule is COc1ccc(-n2cc(-c3ccc(C(F)(F)F)cc3)c3cc(CO)ccc3c2=O)cc1. The number of aromatic nitrogens is 1. The number of hydrogen-bond donors (Lipinski definition) is 1. The lowest BCUT2D eigenvalue weighted by Crippen LogP contribution is -2.18. The van der Waals surface area contributed by atoms with E-state index in [9.17, 15) is 23.1 Å². The van der Waals surface area contributed by atoms with Crippen molar-refractivity contribution in [3.8, 4) is 22.6 Å². The van der Waals surface area contributed by atoms with Crippen molar-refractivity contribution in [1.82, 2.24) is 4.57 Å². The van der Waals surface area contributed by atoms with Crippen LogP contribution in [-0.4, -0.2) is 16.8 Å². The molecule has 0 aliphatic carbocycles. The number of halogens is 3. The normalized spacial score (nSPS) is 11.6. The summed E-state index contributed by atoms with van der Waals surface area (Å²) < 4.78 is 45.6. The summed E-state index contributed by atoms with van der Waals surface area (Å²) in [7, 11) is 1.54. The molecular weight excluding hydrogens is 407 g/mol. The molecular formula is C24H18F3NO3. The Morgan fingerprint density at radius 2 is 1.61 bits per heavy atom. The van der Waals surface area contributed by atoms with Crippen molar-refractivity contribution in [2.45, 2.75) is 12.8 Å². The van der Waals surface area contributed by atoms with Crippen LogP contribution in [-0.2, 0) is 12.8 Å². The average molecular weight is 425 g/mol. The predicted octanol–water partition coefficient (Wildman–Crippen LogP) is 5.18. The Balaban J connectivity index is 1.97. The fourth-order valence-corrected chi connectivity index (χ4v) is 3.49. The van der Waals surface area contributed by atoms with Crippen LogP contribution in [0, 0.1) is 0 Å². The molecule has 1 heterocycles. The minimum Gasteiger partial charge on any atom is -0.497 e. The first-order chi connectivity index (χ1) is 14.8. The minimum atomic E-state index is -4.44. The Bertz CT molecular complexity index is 1290. The number of fused-ring (bicyclic) bond motifs is 1. The molecule has 0 bridgehead atoms. The van der Waals surface area contributed by atoms with Crippen molar-refractivity contribution in [1.29, 1.82) is 0 Å². The highest BCUT2D eigenvalue weighted by Gasteiger charge is 2.30. The summed E-state index contributed by atoms with van der Waals surface area (Å²) >= 11 is 0. The third-order valence-electron chi connectivity index (χ3n) is 5.14. The van der Waals surface area contributed by atoms with E-state index in [1.807, 2.05) is 0 Å². The summed E-state index contributed by atoms with van der Waals surface area (Å²) in [5, 5.41) is 10.5. The molecule has 31 heavy (non-hydrogen) atoms. The first-order valence-corrected chi connectivity index (χ1v) is 9.43. The zero-order valence-electron chi connectivity index (χ0n) is 16.5. The van der Waals surface area contributed by atoms with E-state index in [0.717, 1.165) is 12.1 Å². The molecule has 0 saturated carbocycles. The molecule has 4 aromatic rings. The van der Waals surface area contributed by atoms with Crippen LogP contribution in [0.25, 0.3) is 27.6 Å². The molecule has 4 rings (SSSR count). The van der Waals surface area contributed by atoms with Gasteiger partial charge in [-0.1, -0.05) is 18.2 Å². The summed E-state index contributed by atoms with van der Waals surface area (Å²) in [6, 6.07) is 16.6. The molecule has 1 aromatic heterocycles. The van der Waals surface area contributed by atoms with Gasteiger partial charge in [0.05, 0.1) is 19.3 Å². The zero-order chi connectivity index (χ0) is 22.2. The molecule has 0 aliphatic heterocycles. The van der Waals surface area contributed by atoms with Gasteiger partial charge in [-0.25, -0.2) is 0 Å². The van der Waals surface area contributed by atoms with Crippen molar-refractivity contribution in [3.05, 3.63) is 94.4 Å². The largest absolute Gasteiger partial charge is 0.497 e. The van der Waals surface area contributed by atoms with Crippen LogP contribution in [0.5, 0.6) is 5.75 Å². The van der Waals surface area contributed by atoms with Crippen LogP contribution in [0.15, 0.2) is 77.7 Å². The lowest BCUT2D eigenvalue weighted by Gasteiger charge is -2.15. The van der Waals surface area contributed by atoms with Crippen molar-refractivity contribution in [3.63, 3.8) is 0 Å². The molecule has 0 spiro atoms. The van der Waals surface area contributed by atoms with E-state index >= 15 is 0 Å². The topological polar surface area (TPSA) is 51.5 Å². The molecule has 0 unspecified atom stereocenters. The molecule has 0 radical (unpaired) electrons. The summed E-state index contributed by atoms with van der Waals surface area (Å²) in [6.45, 7) is -0.218. The van der Waals surface area contributed by atoms with Crippen LogP contribution in [0.2, 0.25) is 0 Å². The number of pyridine rings is 1. The van der Waals surface area contributed by atoms with Gasteiger partial charge >= 0.3 is 6.18 Å². The number of aliphatic hydroxyl groups excluding tert-OH is 1. The van der Waals surface area contributed by atoms with Crippen molar-refractivity contribution < 1.29 is 23.0 Å². The number of methoxy groups -OCH3 is 1. The summed E-state index contributed by atoms with van der Waals surface area (Å²) in [6.07, 6.45) is -2.83. The maximum atomic E-state index is 13.2. The van der Waals surface area contributed by atoms with E-state index in [0.29, 0.717) is 38.9 Å². The highest BCUT2D eigenvalue weighted by atomic mass is 19.4. The van der Waals surface area contributed by atoms with Crippen LogP contribution < -0.4 is 10.3 Å². The number of alkyl halides is 3. The highest BCUT2D eigenvalue weighted by molar-refractivity contribution is 5.96. The Morgan fingerprint density at radius 1 is 0.935 bits per heavy atom. The minimum absolute atomic E-state index is 0.218. The molecule has 158 valence electrons. The third-order valence-corrected chi connectivity index (χ3v) is 5.14. The number of ether oxygens (including phenoxy) is 1. The standard InChI is InChI=1S/C24H18F3NO3/c1-31-19-9-7-18(8-10-19)28-13-22(16-3-5-17(6-4-16)24(25,26)27)21-12-15(14-29)2-11-20(21)23(28)30/h2-13,29H,14H2,1H3. The predicted molar refractivity (Wildman–Crippen MR) is 112 cm³/mol. The second-order valence-corrected chi connectivity index (χ2v) is 7.03. The van der Waals surface area contributed by atoms with Gasteiger partial charge < -0.3 is 9.84 Å². The van der Waals surface area contributed by atoms with Gasteiger partial charge in [0.1, 0.15) is 5.75 Å². The zero-order valence-corrected chi connectivity index (χ0v) is 16.5. The second-order valence-electron chi connectivity index (χ2n) is 7.03. The number of benzene rings is 3. The van der Waals surface area contributed by atoms with Crippen molar-refractivity contribution >= 4 is 10.8 Å². The van der Waals surface area contributed by atoms with Crippen molar-refractivity contribution in [2.24, 2.45) is 0 Å². The van der Waals surface area contributed by atoms with Gasteiger partial charge in [0.15, 0.2) is 0 Å². The first-order valence-electron chi connectivity index (χ1n) is 9.43. The number of aliphatic hydroxyl groups is 1. The molecule has 0 saturated heterocycles. The second kappa shape index (κ2) is 7.92. The monoisotopic (exact) mass is 425 g/mol.